The fourth-order valence-corrected chi connectivity index (χ4v) is 1.55. The van der Waals surface area contributed by atoms with Gasteiger partial charge in [0.05, 0.1) is 11.3 Å². The van der Waals surface area contributed by atoms with E-state index in [0.29, 0.717) is 28.7 Å². The number of nitrogens with two attached hydrogens (primary N) is 1. The van der Waals surface area contributed by atoms with E-state index in [1.54, 1.807) is 23.1 Å². The molecule has 7 heteroatoms. The normalized spacial score (nSPS) is 10.7. The minimum absolute atomic E-state index is 0.371. The van der Waals surface area contributed by atoms with Gasteiger partial charge in [0.25, 0.3) is 5.89 Å². The van der Waals surface area contributed by atoms with Gasteiger partial charge in [-0.2, -0.15) is 10.1 Å². The second kappa shape index (κ2) is 3.95. The average Bonchev–Trinajstić information content (AvgIpc) is 2.97. The molecule has 3 aromatic rings. The molecule has 2 N–H and O–H groups in total. The largest absolute Gasteiger partial charge is 0.397 e. The summed E-state index contributed by atoms with van der Waals surface area (Å²) in [4.78, 5) is 8.23. The fraction of sp³-hybridized carbons (Fsp3) is 0.0909. The Bertz CT molecular complexity index is 686. The number of anilines is 1. The van der Waals surface area contributed by atoms with Crippen LogP contribution in [0.15, 0.2) is 35.2 Å². The van der Waals surface area contributed by atoms with E-state index < -0.39 is 0 Å². The Morgan fingerprint density at radius 3 is 2.94 bits per heavy atom. The lowest BCUT2D eigenvalue weighted by Crippen LogP contribution is -1.89. The van der Waals surface area contributed by atoms with Crippen molar-refractivity contribution in [2.45, 2.75) is 0 Å². The molecule has 0 radical (unpaired) electrons. The van der Waals surface area contributed by atoms with Crippen molar-refractivity contribution < 1.29 is 4.52 Å². The maximum absolute atomic E-state index is 5.65. The van der Waals surface area contributed by atoms with Crippen molar-refractivity contribution in [1.29, 1.82) is 0 Å². The SMILES string of the molecule is Cn1ccc(-c2noc(-c3cncc(N)c3)n2)n1. The standard InChI is InChI=1S/C11H10N6O/c1-17-3-2-9(15-17)10-14-11(18-16-10)7-4-8(12)6-13-5-7/h2-6H,12H2,1H3. The quantitative estimate of drug-likeness (QED) is 0.723. The van der Waals surface area contributed by atoms with E-state index in [2.05, 4.69) is 20.2 Å². The maximum Gasteiger partial charge on any atom is 0.259 e. The first-order chi connectivity index (χ1) is 8.72. The highest BCUT2D eigenvalue weighted by Crippen LogP contribution is 2.21. The molecular formula is C11H10N6O. The molecule has 0 unspecified atom stereocenters. The van der Waals surface area contributed by atoms with Crippen LogP contribution in [-0.2, 0) is 7.05 Å². The first kappa shape index (κ1) is 10.5. The summed E-state index contributed by atoms with van der Waals surface area (Å²) in [5.41, 5.74) is 7.54. The summed E-state index contributed by atoms with van der Waals surface area (Å²) in [6.07, 6.45) is 4.99. The van der Waals surface area contributed by atoms with E-state index >= 15 is 0 Å². The van der Waals surface area contributed by atoms with Crippen molar-refractivity contribution in [1.82, 2.24) is 24.9 Å². The van der Waals surface area contributed by atoms with Crippen LogP contribution in [0.25, 0.3) is 23.0 Å². The molecule has 3 aromatic heterocycles. The molecule has 0 amide bonds. The van der Waals surface area contributed by atoms with Gasteiger partial charge in [0.2, 0.25) is 5.82 Å². The van der Waals surface area contributed by atoms with Crippen molar-refractivity contribution in [3.63, 3.8) is 0 Å². The van der Waals surface area contributed by atoms with Crippen molar-refractivity contribution in [3.05, 3.63) is 30.7 Å². The fourth-order valence-electron chi connectivity index (χ4n) is 1.55. The van der Waals surface area contributed by atoms with Crippen LogP contribution in [0.5, 0.6) is 0 Å². The third kappa shape index (κ3) is 1.81. The topological polar surface area (TPSA) is 95.7 Å². The minimum Gasteiger partial charge on any atom is -0.397 e. The molecule has 3 heterocycles. The maximum atomic E-state index is 5.65. The Balaban J connectivity index is 1.99. The average molecular weight is 242 g/mol. The summed E-state index contributed by atoms with van der Waals surface area (Å²) in [5.74, 6) is 0.809. The highest BCUT2D eigenvalue weighted by molar-refractivity contribution is 5.59. The van der Waals surface area contributed by atoms with Crippen LogP contribution in [0.1, 0.15) is 0 Å². The van der Waals surface area contributed by atoms with Crippen molar-refractivity contribution in [2.24, 2.45) is 7.05 Å². The first-order valence-electron chi connectivity index (χ1n) is 5.27. The third-order valence-electron chi connectivity index (χ3n) is 2.38. The second-order valence-electron chi connectivity index (χ2n) is 3.80. The summed E-state index contributed by atoms with van der Waals surface area (Å²) >= 11 is 0. The van der Waals surface area contributed by atoms with Crippen LogP contribution in [0.4, 0.5) is 5.69 Å². The zero-order chi connectivity index (χ0) is 12.5. The summed E-state index contributed by atoms with van der Waals surface area (Å²) < 4.78 is 6.84. The van der Waals surface area contributed by atoms with Gasteiger partial charge >= 0.3 is 0 Å². The highest BCUT2D eigenvalue weighted by Gasteiger charge is 2.12. The Kier molecular flexibility index (Phi) is 2.30. The van der Waals surface area contributed by atoms with Gasteiger partial charge in [-0.05, 0) is 12.1 Å². The van der Waals surface area contributed by atoms with Crippen molar-refractivity contribution in [3.8, 4) is 23.0 Å². The zero-order valence-electron chi connectivity index (χ0n) is 9.61. The van der Waals surface area contributed by atoms with E-state index in [4.69, 9.17) is 10.3 Å². The number of nitrogens with zero attached hydrogens (tertiary/aromatic N) is 5. The lowest BCUT2D eigenvalue weighted by Gasteiger charge is -1.94. The monoisotopic (exact) mass is 242 g/mol. The number of nitrogen functional groups attached to an aromatic ring is 1. The molecule has 0 aliphatic heterocycles. The molecule has 3 rings (SSSR count). The number of hydrogen-bond acceptors (Lipinski definition) is 6. The van der Waals surface area contributed by atoms with Gasteiger partial charge in [0.15, 0.2) is 0 Å². The zero-order valence-corrected chi connectivity index (χ0v) is 9.61. The smallest absolute Gasteiger partial charge is 0.259 e. The van der Waals surface area contributed by atoms with Gasteiger partial charge in [0, 0.05) is 25.6 Å². The molecule has 90 valence electrons. The van der Waals surface area contributed by atoms with E-state index in [-0.39, 0.29) is 0 Å². The minimum atomic E-state index is 0.371. The molecule has 0 saturated heterocycles. The van der Waals surface area contributed by atoms with Crippen LogP contribution in [0, 0.1) is 0 Å². The van der Waals surface area contributed by atoms with Gasteiger partial charge < -0.3 is 10.3 Å². The summed E-state index contributed by atoms with van der Waals surface area (Å²) in [6, 6.07) is 3.54. The molecule has 0 fully saturated rings. The van der Waals surface area contributed by atoms with Crippen LogP contribution in [0.3, 0.4) is 0 Å². The summed E-state index contributed by atoms with van der Waals surface area (Å²) in [7, 11) is 1.83. The van der Waals surface area contributed by atoms with Crippen molar-refractivity contribution in [2.75, 3.05) is 5.73 Å². The Labute approximate surface area is 102 Å². The van der Waals surface area contributed by atoms with Gasteiger partial charge in [-0.1, -0.05) is 5.16 Å². The second-order valence-corrected chi connectivity index (χ2v) is 3.80. The van der Waals surface area contributed by atoms with Gasteiger partial charge in [-0.3, -0.25) is 9.67 Å². The molecule has 0 aliphatic rings. The predicted octanol–water partition coefficient (Wildman–Crippen LogP) is 1.11. The van der Waals surface area contributed by atoms with Crippen molar-refractivity contribution >= 4 is 5.69 Å². The van der Waals surface area contributed by atoms with Gasteiger partial charge in [0.1, 0.15) is 5.69 Å². The van der Waals surface area contributed by atoms with Crippen LogP contribution in [-0.4, -0.2) is 24.9 Å². The number of aryl methyl sites for hydroxylation is 1. The lowest BCUT2D eigenvalue weighted by molar-refractivity contribution is 0.432. The summed E-state index contributed by atoms with van der Waals surface area (Å²) in [5, 5.41) is 8.07. The number of aromatic nitrogens is 5. The predicted molar refractivity (Wildman–Crippen MR) is 64.1 cm³/mol. The summed E-state index contributed by atoms with van der Waals surface area (Å²) in [6.45, 7) is 0. The van der Waals surface area contributed by atoms with E-state index in [1.807, 2.05) is 19.3 Å². The number of rotatable bonds is 2. The van der Waals surface area contributed by atoms with Crippen LogP contribution >= 0.6 is 0 Å². The molecule has 0 saturated carbocycles. The van der Waals surface area contributed by atoms with Crippen LogP contribution < -0.4 is 5.73 Å². The molecule has 0 bridgehead atoms. The highest BCUT2D eigenvalue weighted by atomic mass is 16.5. The van der Waals surface area contributed by atoms with E-state index in [9.17, 15) is 0 Å². The number of hydrogen-bond donors (Lipinski definition) is 1. The van der Waals surface area contributed by atoms with E-state index in [1.165, 1.54) is 0 Å². The lowest BCUT2D eigenvalue weighted by atomic mass is 10.2. The molecule has 0 spiro atoms. The number of pyridine rings is 1. The molecule has 7 nitrogen and oxygen atoms in total. The van der Waals surface area contributed by atoms with Gasteiger partial charge in [-0.15, -0.1) is 0 Å². The Morgan fingerprint density at radius 1 is 1.33 bits per heavy atom. The molecular weight excluding hydrogens is 232 g/mol. The Hall–Kier alpha value is -2.70. The Morgan fingerprint density at radius 2 is 2.22 bits per heavy atom. The van der Waals surface area contributed by atoms with E-state index in [0.717, 1.165) is 0 Å². The van der Waals surface area contributed by atoms with Crippen LogP contribution in [0.2, 0.25) is 0 Å². The molecule has 0 atom stereocenters. The molecule has 0 aliphatic carbocycles. The molecule has 18 heavy (non-hydrogen) atoms. The first-order valence-corrected chi connectivity index (χ1v) is 5.27. The molecule has 0 aromatic carbocycles. The third-order valence-corrected chi connectivity index (χ3v) is 2.38. The van der Waals surface area contributed by atoms with Gasteiger partial charge in [-0.25, -0.2) is 0 Å².